The van der Waals surface area contributed by atoms with E-state index in [9.17, 15) is 14.7 Å². The summed E-state index contributed by atoms with van der Waals surface area (Å²) in [5, 5.41) is 9.28. The second-order valence-corrected chi connectivity index (χ2v) is 14.9. The van der Waals surface area contributed by atoms with Crippen molar-refractivity contribution in [3.05, 3.63) is 12.2 Å². The monoisotopic (exact) mass is 677 g/mol. The summed E-state index contributed by atoms with van der Waals surface area (Å²) < 4.78 is 5.60. The van der Waals surface area contributed by atoms with Crippen LogP contribution in [0.1, 0.15) is 251 Å². The van der Waals surface area contributed by atoms with Crippen molar-refractivity contribution in [2.45, 2.75) is 258 Å². The Morgan fingerprint density at radius 1 is 0.458 bits per heavy atom. The van der Waals surface area contributed by atoms with Crippen molar-refractivity contribution in [2.75, 3.05) is 0 Å². The number of hydrogen-bond acceptors (Lipinski definition) is 3. The van der Waals surface area contributed by atoms with Gasteiger partial charge in [-0.2, -0.15) is 0 Å². The molecule has 1 atom stereocenters. The molecule has 48 heavy (non-hydrogen) atoms. The first-order valence-electron chi connectivity index (χ1n) is 21.7. The van der Waals surface area contributed by atoms with Crippen molar-refractivity contribution in [3.63, 3.8) is 0 Å². The van der Waals surface area contributed by atoms with Gasteiger partial charge in [0.05, 0.1) is 6.42 Å². The van der Waals surface area contributed by atoms with E-state index in [4.69, 9.17) is 4.74 Å². The Balaban J connectivity index is 3.57. The van der Waals surface area contributed by atoms with E-state index in [0.717, 1.165) is 25.7 Å². The molecule has 0 aliphatic rings. The van der Waals surface area contributed by atoms with E-state index >= 15 is 0 Å². The normalized spacial score (nSPS) is 12.2. The molecular weight excluding hydrogens is 592 g/mol. The zero-order valence-electron chi connectivity index (χ0n) is 32.6. The van der Waals surface area contributed by atoms with Gasteiger partial charge in [-0.05, 0) is 44.9 Å². The maximum absolute atomic E-state index is 12.4. The lowest BCUT2D eigenvalue weighted by atomic mass is 10.0. The highest BCUT2D eigenvalue weighted by Gasteiger charge is 2.17. The number of allylic oxidation sites excluding steroid dienone is 2. The molecule has 0 rings (SSSR count). The van der Waals surface area contributed by atoms with Gasteiger partial charge in [-0.15, -0.1) is 0 Å². The maximum Gasteiger partial charge on any atom is 0.307 e. The van der Waals surface area contributed by atoms with E-state index in [1.165, 1.54) is 193 Å². The second kappa shape index (κ2) is 40.1. The molecule has 0 heterocycles. The first-order chi connectivity index (χ1) is 23.6. The van der Waals surface area contributed by atoms with Gasteiger partial charge in [-0.25, -0.2) is 0 Å². The topological polar surface area (TPSA) is 63.6 Å². The van der Waals surface area contributed by atoms with Gasteiger partial charge < -0.3 is 9.84 Å². The molecule has 0 aromatic heterocycles. The van der Waals surface area contributed by atoms with Crippen molar-refractivity contribution in [1.82, 2.24) is 0 Å². The standard InChI is InChI=1S/C44H84O4/c1-3-5-7-9-11-13-15-17-19-20-21-22-23-24-26-28-30-32-34-36-38-40-44(47)48-42(41-43(45)46)39-37-35-33-31-29-27-25-18-16-14-12-10-8-6-4-2/h17,19,42H,3-16,18,20-41H2,1-2H3,(H,45,46)/b19-17-. The number of carboxylic acids is 1. The lowest BCUT2D eigenvalue weighted by molar-refractivity contribution is -0.153. The third-order valence-electron chi connectivity index (χ3n) is 9.97. The summed E-state index contributed by atoms with van der Waals surface area (Å²) in [7, 11) is 0. The second-order valence-electron chi connectivity index (χ2n) is 14.9. The van der Waals surface area contributed by atoms with E-state index in [1.54, 1.807) is 0 Å². The summed E-state index contributed by atoms with van der Waals surface area (Å²) in [6.45, 7) is 4.55. The Morgan fingerprint density at radius 2 is 0.771 bits per heavy atom. The molecule has 0 saturated heterocycles. The summed E-state index contributed by atoms with van der Waals surface area (Å²) in [5.74, 6) is -1.09. The molecule has 0 amide bonds. The molecule has 1 N–H and O–H groups in total. The Morgan fingerprint density at radius 3 is 1.12 bits per heavy atom. The number of rotatable bonds is 40. The average Bonchev–Trinajstić information content (AvgIpc) is 3.06. The van der Waals surface area contributed by atoms with Gasteiger partial charge in [0.2, 0.25) is 0 Å². The highest BCUT2D eigenvalue weighted by molar-refractivity contribution is 5.71. The highest BCUT2D eigenvalue weighted by atomic mass is 16.5. The molecular formula is C44H84O4. The fourth-order valence-corrected chi connectivity index (χ4v) is 6.79. The number of aliphatic carboxylic acids is 1. The van der Waals surface area contributed by atoms with Crippen LogP contribution in [-0.2, 0) is 14.3 Å². The average molecular weight is 677 g/mol. The van der Waals surface area contributed by atoms with Crippen LogP contribution in [0.5, 0.6) is 0 Å². The van der Waals surface area contributed by atoms with E-state index in [1.807, 2.05) is 0 Å². The predicted octanol–water partition coefficient (Wildman–Crippen LogP) is 15.0. The van der Waals surface area contributed by atoms with Crippen LogP contribution in [0, 0.1) is 0 Å². The molecule has 0 bridgehead atoms. The molecule has 0 aromatic rings. The summed E-state index contributed by atoms with van der Waals surface area (Å²) in [6, 6.07) is 0. The molecule has 0 aliphatic heterocycles. The minimum atomic E-state index is -0.875. The summed E-state index contributed by atoms with van der Waals surface area (Å²) in [5.41, 5.74) is 0. The van der Waals surface area contributed by atoms with E-state index in [0.29, 0.717) is 12.8 Å². The number of ether oxygens (including phenoxy) is 1. The Bertz CT molecular complexity index is 687. The fraction of sp³-hybridized carbons (Fsp3) is 0.909. The smallest absolute Gasteiger partial charge is 0.307 e. The fourth-order valence-electron chi connectivity index (χ4n) is 6.79. The zero-order chi connectivity index (χ0) is 35.0. The number of carboxylic acid groups (broad SMARTS) is 1. The summed E-state index contributed by atoms with van der Waals surface area (Å²) in [6.07, 6.45) is 49.6. The van der Waals surface area contributed by atoms with E-state index in [-0.39, 0.29) is 12.4 Å². The van der Waals surface area contributed by atoms with Gasteiger partial charge in [0.15, 0.2) is 0 Å². The molecule has 0 aliphatic carbocycles. The van der Waals surface area contributed by atoms with Gasteiger partial charge in [-0.3, -0.25) is 9.59 Å². The van der Waals surface area contributed by atoms with Gasteiger partial charge in [0, 0.05) is 6.42 Å². The molecule has 4 nitrogen and oxygen atoms in total. The molecule has 0 saturated carbocycles. The number of carbonyl (C=O) groups excluding carboxylic acids is 1. The molecule has 4 heteroatoms. The van der Waals surface area contributed by atoms with Gasteiger partial charge >= 0.3 is 11.9 Å². The van der Waals surface area contributed by atoms with Crippen LogP contribution in [0.15, 0.2) is 12.2 Å². The minimum Gasteiger partial charge on any atom is -0.481 e. The van der Waals surface area contributed by atoms with Crippen molar-refractivity contribution in [2.24, 2.45) is 0 Å². The van der Waals surface area contributed by atoms with Crippen molar-refractivity contribution in [3.8, 4) is 0 Å². The number of carbonyl (C=O) groups is 2. The molecule has 0 fully saturated rings. The van der Waals surface area contributed by atoms with Crippen molar-refractivity contribution in [1.29, 1.82) is 0 Å². The molecule has 284 valence electrons. The number of unbranched alkanes of at least 4 members (excludes halogenated alkanes) is 31. The van der Waals surface area contributed by atoms with Gasteiger partial charge in [0.25, 0.3) is 0 Å². The van der Waals surface area contributed by atoms with Crippen LogP contribution in [0.25, 0.3) is 0 Å². The third kappa shape index (κ3) is 39.1. The number of esters is 1. The quantitative estimate of drug-likeness (QED) is 0.0398. The van der Waals surface area contributed by atoms with Gasteiger partial charge in [0.1, 0.15) is 6.10 Å². The van der Waals surface area contributed by atoms with Crippen molar-refractivity contribution < 1.29 is 19.4 Å². The van der Waals surface area contributed by atoms with E-state index < -0.39 is 12.1 Å². The predicted molar refractivity (Wildman–Crippen MR) is 209 cm³/mol. The first-order valence-corrected chi connectivity index (χ1v) is 21.7. The Hall–Kier alpha value is -1.32. The lowest BCUT2D eigenvalue weighted by Gasteiger charge is -2.16. The number of hydrogen-bond donors (Lipinski definition) is 1. The molecule has 0 spiro atoms. The molecule has 1 unspecified atom stereocenters. The maximum atomic E-state index is 12.4. The highest BCUT2D eigenvalue weighted by Crippen LogP contribution is 2.18. The lowest BCUT2D eigenvalue weighted by Crippen LogP contribution is -2.21. The largest absolute Gasteiger partial charge is 0.481 e. The summed E-state index contributed by atoms with van der Waals surface area (Å²) in [4.78, 5) is 23.7. The Labute approximate surface area is 300 Å². The van der Waals surface area contributed by atoms with E-state index in [2.05, 4.69) is 26.0 Å². The Kier molecular flexibility index (Phi) is 39.0. The summed E-state index contributed by atoms with van der Waals surface area (Å²) >= 11 is 0. The van der Waals surface area contributed by atoms with Crippen molar-refractivity contribution >= 4 is 11.9 Å². The minimum absolute atomic E-state index is 0.0687. The van der Waals surface area contributed by atoms with Crippen LogP contribution >= 0.6 is 0 Å². The third-order valence-corrected chi connectivity index (χ3v) is 9.97. The van der Waals surface area contributed by atoms with Crippen LogP contribution in [-0.4, -0.2) is 23.1 Å². The SMILES string of the molecule is CCCCCCCC/C=C\CCCCCCCCCCCCCC(=O)OC(CCCCCCCCCCCCCCCCC)CC(=O)O. The van der Waals surface area contributed by atoms with Crippen LogP contribution < -0.4 is 0 Å². The van der Waals surface area contributed by atoms with Gasteiger partial charge in [-0.1, -0.05) is 206 Å². The molecule has 0 radical (unpaired) electrons. The zero-order valence-corrected chi connectivity index (χ0v) is 32.6. The first kappa shape index (κ1) is 46.7. The van der Waals surface area contributed by atoms with Crippen LogP contribution in [0.3, 0.4) is 0 Å². The van der Waals surface area contributed by atoms with Crippen LogP contribution in [0.4, 0.5) is 0 Å². The molecule has 0 aromatic carbocycles. The van der Waals surface area contributed by atoms with Crippen LogP contribution in [0.2, 0.25) is 0 Å².